The zero-order valence-corrected chi connectivity index (χ0v) is 16.6. The first-order chi connectivity index (χ1) is 13.0. The van der Waals surface area contributed by atoms with E-state index in [1.165, 1.54) is 6.42 Å². The van der Waals surface area contributed by atoms with Gasteiger partial charge in [-0.15, -0.1) is 0 Å². The number of para-hydroxylation sites is 1. The third-order valence-electron chi connectivity index (χ3n) is 6.90. The van der Waals surface area contributed by atoms with Crippen LogP contribution in [0.3, 0.4) is 0 Å². The van der Waals surface area contributed by atoms with E-state index >= 15 is 0 Å². The van der Waals surface area contributed by atoms with Gasteiger partial charge in [-0.2, -0.15) is 0 Å². The van der Waals surface area contributed by atoms with E-state index in [9.17, 15) is 9.59 Å². The SMILES string of the molecule is CN(C(=O)C1CC2CCCC(C1)C2N)C1CCN(c2ccccc2Cl)C1=O. The molecule has 0 aromatic heterocycles. The Morgan fingerprint density at radius 1 is 1.19 bits per heavy atom. The van der Waals surface area contributed by atoms with Crippen molar-refractivity contribution in [1.29, 1.82) is 0 Å². The van der Waals surface area contributed by atoms with Crippen molar-refractivity contribution < 1.29 is 9.59 Å². The molecule has 1 saturated heterocycles. The molecular weight excluding hydrogens is 362 g/mol. The van der Waals surface area contributed by atoms with Crippen molar-refractivity contribution in [3.63, 3.8) is 0 Å². The summed E-state index contributed by atoms with van der Waals surface area (Å²) in [6, 6.07) is 7.22. The van der Waals surface area contributed by atoms with E-state index < -0.39 is 6.04 Å². The lowest BCUT2D eigenvalue weighted by atomic mass is 9.65. The summed E-state index contributed by atoms with van der Waals surface area (Å²) in [5.74, 6) is 0.995. The summed E-state index contributed by atoms with van der Waals surface area (Å²) in [6.07, 6.45) is 5.88. The molecule has 2 bridgehead atoms. The summed E-state index contributed by atoms with van der Waals surface area (Å²) in [4.78, 5) is 29.6. The molecule has 27 heavy (non-hydrogen) atoms. The second-order valence-electron chi connectivity index (χ2n) is 8.39. The third kappa shape index (κ3) is 3.36. The molecular formula is C21H28ClN3O2. The number of likely N-dealkylation sites (N-methyl/N-ethyl adjacent to an activating group) is 1. The summed E-state index contributed by atoms with van der Waals surface area (Å²) < 4.78 is 0. The molecule has 146 valence electrons. The Balaban J connectivity index is 1.45. The molecule has 1 aromatic rings. The molecule has 6 heteroatoms. The highest BCUT2D eigenvalue weighted by Crippen LogP contribution is 2.42. The molecule has 3 unspecified atom stereocenters. The third-order valence-corrected chi connectivity index (χ3v) is 7.22. The Kier molecular flexibility index (Phi) is 5.17. The van der Waals surface area contributed by atoms with Crippen LogP contribution < -0.4 is 10.6 Å². The van der Waals surface area contributed by atoms with Crippen LogP contribution in [0, 0.1) is 17.8 Å². The van der Waals surface area contributed by atoms with E-state index in [2.05, 4.69) is 0 Å². The highest BCUT2D eigenvalue weighted by molar-refractivity contribution is 6.34. The summed E-state index contributed by atoms with van der Waals surface area (Å²) in [6.45, 7) is 0.589. The van der Waals surface area contributed by atoms with E-state index in [-0.39, 0.29) is 23.8 Å². The Labute approximate surface area is 165 Å². The molecule has 3 fully saturated rings. The van der Waals surface area contributed by atoms with Crippen molar-refractivity contribution in [3.8, 4) is 0 Å². The number of rotatable bonds is 3. The van der Waals surface area contributed by atoms with Crippen LogP contribution in [0.2, 0.25) is 5.02 Å². The Hall–Kier alpha value is -1.59. The minimum atomic E-state index is -0.399. The number of nitrogens with zero attached hydrogens (tertiary/aromatic N) is 2. The van der Waals surface area contributed by atoms with Crippen LogP contribution in [0.5, 0.6) is 0 Å². The molecule has 2 aliphatic carbocycles. The molecule has 1 aliphatic heterocycles. The number of carbonyl (C=O) groups excluding carboxylic acids is 2. The van der Waals surface area contributed by atoms with Gasteiger partial charge in [-0.05, 0) is 56.1 Å². The van der Waals surface area contributed by atoms with Crippen LogP contribution in [-0.4, -0.2) is 42.4 Å². The fourth-order valence-electron chi connectivity index (χ4n) is 5.37. The first-order valence-corrected chi connectivity index (χ1v) is 10.4. The van der Waals surface area contributed by atoms with E-state index in [1.54, 1.807) is 22.9 Å². The molecule has 0 radical (unpaired) electrons. The highest BCUT2D eigenvalue weighted by atomic mass is 35.5. The lowest BCUT2D eigenvalue weighted by Crippen LogP contribution is -2.51. The number of carbonyl (C=O) groups is 2. The maximum atomic E-state index is 13.2. The van der Waals surface area contributed by atoms with Gasteiger partial charge in [0.1, 0.15) is 6.04 Å². The van der Waals surface area contributed by atoms with Crippen molar-refractivity contribution in [3.05, 3.63) is 29.3 Å². The van der Waals surface area contributed by atoms with Crippen LogP contribution >= 0.6 is 11.6 Å². The van der Waals surface area contributed by atoms with Crippen molar-refractivity contribution in [1.82, 2.24) is 4.90 Å². The van der Waals surface area contributed by atoms with Crippen LogP contribution in [0.15, 0.2) is 24.3 Å². The van der Waals surface area contributed by atoms with E-state index in [1.807, 2.05) is 18.2 Å². The number of hydrogen-bond donors (Lipinski definition) is 1. The van der Waals surface area contributed by atoms with Gasteiger partial charge < -0.3 is 15.5 Å². The number of halogens is 1. The summed E-state index contributed by atoms with van der Waals surface area (Å²) >= 11 is 6.26. The van der Waals surface area contributed by atoms with E-state index in [4.69, 9.17) is 17.3 Å². The predicted octanol–water partition coefficient (Wildman–Crippen LogP) is 3.06. The van der Waals surface area contributed by atoms with Gasteiger partial charge in [-0.25, -0.2) is 0 Å². The number of fused-ring (bicyclic) bond motifs is 2. The molecule has 3 aliphatic rings. The topological polar surface area (TPSA) is 66.6 Å². The molecule has 5 nitrogen and oxygen atoms in total. The molecule has 0 spiro atoms. The standard InChI is InChI=1S/C21H28ClN3O2/c1-24(20(26)15-11-13-5-4-6-14(12-15)19(13)23)18-9-10-25(21(18)27)17-8-3-2-7-16(17)22/h2-3,7-8,13-15,18-19H,4-6,9-12,23H2,1H3. The minimum absolute atomic E-state index is 0.00673. The average molecular weight is 390 g/mol. The number of anilines is 1. The fraction of sp³-hybridized carbons (Fsp3) is 0.619. The first-order valence-electron chi connectivity index (χ1n) is 10.1. The van der Waals surface area contributed by atoms with Gasteiger partial charge in [0.25, 0.3) is 0 Å². The fourth-order valence-corrected chi connectivity index (χ4v) is 5.60. The molecule has 2 saturated carbocycles. The molecule has 1 heterocycles. The van der Waals surface area contributed by atoms with Crippen molar-refractivity contribution >= 4 is 29.1 Å². The van der Waals surface area contributed by atoms with Crippen molar-refractivity contribution in [2.24, 2.45) is 23.5 Å². The maximum absolute atomic E-state index is 13.2. The maximum Gasteiger partial charge on any atom is 0.249 e. The van der Waals surface area contributed by atoms with Gasteiger partial charge in [-0.3, -0.25) is 9.59 Å². The van der Waals surface area contributed by atoms with E-state index in [0.717, 1.165) is 31.4 Å². The van der Waals surface area contributed by atoms with Gasteiger partial charge >= 0.3 is 0 Å². The monoisotopic (exact) mass is 389 g/mol. The summed E-state index contributed by atoms with van der Waals surface area (Å²) in [5.41, 5.74) is 7.09. The largest absolute Gasteiger partial charge is 0.333 e. The van der Waals surface area contributed by atoms with Gasteiger partial charge in [0.15, 0.2) is 0 Å². The van der Waals surface area contributed by atoms with Gasteiger partial charge in [0.2, 0.25) is 11.8 Å². The zero-order chi connectivity index (χ0) is 19.1. The van der Waals surface area contributed by atoms with Gasteiger partial charge in [0.05, 0.1) is 10.7 Å². The Bertz CT molecular complexity index is 726. The first kappa shape index (κ1) is 18.8. The highest BCUT2D eigenvalue weighted by Gasteiger charge is 2.44. The number of nitrogens with two attached hydrogens (primary N) is 1. The van der Waals surface area contributed by atoms with Crippen LogP contribution in [0.4, 0.5) is 5.69 Å². The van der Waals surface area contributed by atoms with Crippen molar-refractivity contribution in [2.75, 3.05) is 18.5 Å². The van der Waals surface area contributed by atoms with Crippen molar-refractivity contribution in [2.45, 2.75) is 50.6 Å². The summed E-state index contributed by atoms with van der Waals surface area (Å²) in [5, 5.41) is 0.564. The average Bonchev–Trinajstić information content (AvgIpc) is 3.02. The molecule has 3 atom stereocenters. The quantitative estimate of drug-likeness (QED) is 0.863. The lowest BCUT2D eigenvalue weighted by molar-refractivity contribution is -0.142. The Morgan fingerprint density at radius 3 is 2.52 bits per heavy atom. The smallest absolute Gasteiger partial charge is 0.249 e. The zero-order valence-electron chi connectivity index (χ0n) is 15.8. The molecule has 2 amide bonds. The predicted molar refractivity (Wildman–Crippen MR) is 107 cm³/mol. The van der Waals surface area contributed by atoms with Gasteiger partial charge in [0, 0.05) is 25.6 Å². The molecule has 4 rings (SSSR count). The van der Waals surface area contributed by atoms with E-state index in [0.29, 0.717) is 29.8 Å². The second kappa shape index (κ2) is 7.44. The lowest BCUT2D eigenvalue weighted by Gasteiger charge is -2.44. The minimum Gasteiger partial charge on any atom is -0.333 e. The summed E-state index contributed by atoms with van der Waals surface area (Å²) in [7, 11) is 1.78. The number of hydrogen-bond acceptors (Lipinski definition) is 3. The number of amides is 2. The molecule has 1 aromatic carbocycles. The van der Waals surface area contributed by atoms with Crippen LogP contribution in [0.25, 0.3) is 0 Å². The number of benzene rings is 1. The van der Waals surface area contributed by atoms with Crippen LogP contribution in [-0.2, 0) is 9.59 Å². The normalized spacial score (nSPS) is 33.2. The van der Waals surface area contributed by atoms with Gasteiger partial charge in [-0.1, -0.05) is 30.2 Å². The Morgan fingerprint density at radius 2 is 1.85 bits per heavy atom. The second-order valence-corrected chi connectivity index (χ2v) is 8.80. The van der Waals surface area contributed by atoms with Crippen LogP contribution in [0.1, 0.15) is 38.5 Å². The molecule has 2 N–H and O–H groups in total.